The van der Waals surface area contributed by atoms with Gasteiger partial charge in [-0.1, -0.05) is 0 Å². The topological polar surface area (TPSA) is 83.0 Å². The summed E-state index contributed by atoms with van der Waals surface area (Å²) in [6.45, 7) is 7.50. The van der Waals surface area contributed by atoms with Gasteiger partial charge in [0.1, 0.15) is 11.6 Å². The molecule has 0 aliphatic carbocycles. The minimum absolute atomic E-state index is 0.0187. The summed E-state index contributed by atoms with van der Waals surface area (Å²) in [6, 6.07) is 3.40. The number of hydrogen-bond acceptors (Lipinski definition) is 6. The Morgan fingerprint density at radius 1 is 1.33 bits per heavy atom. The first-order valence-corrected chi connectivity index (χ1v) is 9.08. The van der Waals surface area contributed by atoms with Crippen molar-refractivity contribution in [3.8, 4) is 0 Å². The van der Waals surface area contributed by atoms with Crippen molar-refractivity contribution in [2.75, 3.05) is 25.0 Å². The van der Waals surface area contributed by atoms with Crippen molar-refractivity contribution in [2.45, 2.75) is 39.3 Å². The van der Waals surface area contributed by atoms with E-state index in [9.17, 15) is 9.18 Å². The number of nitrogens with one attached hydrogen (secondary N) is 2. The Bertz CT molecular complexity index is 826. The number of nitrogens with zero attached hydrogens (tertiary/aromatic N) is 4. The van der Waals surface area contributed by atoms with Gasteiger partial charge >= 0.3 is 0 Å². The number of hydrogen-bond donors (Lipinski definition) is 2. The predicted octanol–water partition coefficient (Wildman–Crippen LogP) is 1.92. The Morgan fingerprint density at radius 2 is 2.11 bits per heavy atom. The van der Waals surface area contributed by atoms with Gasteiger partial charge in [-0.3, -0.25) is 9.78 Å². The first-order valence-electron chi connectivity index (χ1n) is 9.08. The molecule has 2 aromatic heterocycles. The molecule has 3 rings (SSSR count). The van der Waals surface area contributed by atoms with Crippen LogP contribution in [-0.4, -0.2) is 47.0 Å². The molecule has 0 spiro atoms. The van der Waals surface area contributed by atoms with E-state index in [1.165, 1.54) is 12.3 Å². The average molecular weight is 372 g/mol. The van der Waals surface area contributed by atoms with E-state index in [2.05, 4.69) is 30.5 Å². The van der Waals surface area contributed by atoms with Gasteiger partial charge in [-0.25, -0.2) is 14.4 Å². The molecule has 1 fully saturated rings. The third kappa shape index (κ3) is 4.21. The molecule has 3 heterocycles. The lowest BCUT2D eigenvalue weighted by molar-refractivity contribution is 0.0952. The molecule has 0 bridgehead atoms. The van der Waals surface area contributed by atoms with Gasteiger partial charge in [-0.05, 0) is 39.3 Å². The molecule has 144 valence electrons. The molecule has 1 unspecified atom stereocenters. The van der Waals surface area contributed by atoms with Crippen molar-refractivity contribution in [3.05, 3.63) is 46.9 Å². The fourth-order valence-electron chi connectivity index (χ4n) is 3.31. The summed E-state index contributed by atoms with van der Waals surface area (Å²) >= 11 is 0. The quantitative estimate of drug-likeness (QED) is 0.834. The summed E-state index contributed by atoms with van der Waals surface area (Å²) in [5, 5.41) is 6.12. The fraction of sp³-hybridized carbons (Fsp3) is 0.474. The summed E-state index contributed by atoms with van der Waals surface area (Å²) in [5.41, 5.74) is 2.60. The maximum absolute atomic E-state index is 13.0. The number of carbonyl (C=O) groups excluding carboxylic acids is 1. The van der Waals surface area contributed by atoms with Crippen molar-refractivity contribution in [1.29, 1.82) is 0 Å². The first-order chi connectivity index (χ1) is 12.9. The van der Waals surface area contributed by atoms with Gasteiger partial charge in [0, 0.05) is 43.5 Å². The van der Waals surface area contributed by atoms with Crippen LogP contribution in [0.25, 0.3) is 0 Å². The van der Waals surface area contributed by atoms with Crippen LogP contribution in [0.4, 0.5) is 10.2 Å². The van der Waals surface area contributed by atoms with Crippen LogP contribution >= 0.6 is 0 Å². The smallest absolute Gasteiger partial charge is 0.288 e. The van der Waals surface area contributed by atoms with Gasteiger partial charge in [0.15, 0.2) is 0 Å². The Morgan fingerprint density at radius 3 is 2.78 bits per heavy atom. The molecule has 0 radical (unpaired) electrons. The van der Waals surface area contributed by atoms with Crippen LogP contribution in [0.2, 0.25) is 0 Å². The van der Waals surface area contributed by atoms with Gasteiger partial charge in [0.25, 0.3) is 5.91 Å². The van der Waals surface area contributed by atoms with E-state index in [-0.39, 0.29) is 29.6 Å². The third-order valence-corrected chi connectivity index (χ3v) is 4.96. The fourth-order valence-corrected chi connectivity index (χ4v) is 3.31. The molecule has 8 heteroatoms. The predicted molar refractivity (Wildman–Crippen MR) is 101 cm³/mol. The maximum Gasteiger partial charge on any atom is 0.288 e. The zero-order valence-corrected chi connectivity index (χ0v) is 16.1. The molecule has 0 aromatic carbocycles. The molecule has 1 saturated heterocycles. The second-order valence-corrected chi connectivity index (χ2v) is 6.88. The molecule has 27 heavy (non-hydrogen) atoms. The second-order valence-electron chi connectivity index (χ2n) is 6.88. The van der Waals surface area contributed by atoms with Gasteiger partial charge in [-0.15, -0.1) is 0 Å². The molecule has 7 nitrogen and oxygen atoms in total. The van der Waals surface area contributed by atoms with E-state index >= 15 is 0 Å². The van der Waals surface area contributed by atoms with Crippen LogP contribution in [0.5, 0.6) is 0 Å². The van der Waals surface area contributed by atoms with E-state index in [1.54, 1.807) is 13.1 Å². The van der Waals surface area contributed by atoms with Crippen molar-refractivity contribution < 1.29 is 9.18 Å². The lowest BCUT2D eigenvalue weighted by Crippen LogP contribution is -2.35. The average Bonchev–Trinajstić information content (AvgIpc) is 3.11. The molecule has 2 N–H and O–H groups in total. The highest BCUT2D eigenvalue weighted by atomic mass is 19.1. The van der Waals surface area contributed by atoms with E-state index in [4.69, 9.17) is 0 Å². The van der Waals surface area contributed by atoms with E-state index in [0.717, 1.165) is 42.3 Å². The molecule has 1 aliphatic rings. The largest absolute Gasteiger partial charge is 0.355 e. The molecular weight excluding hydrogens is 347 g/mol. The van der Waals surface area contributed by atoms with E-state index in [1.807, 2.05) is 20.8 Å². The third-order valence-electron chi connectivity index (χ3n) is 4.96. The lowest BCUT2D eigenvalue weighted by Gasteiger charge is -2.22. The second kappa shape index (κ2) is 7.96. The summed E-state index contributed by atoms with van der Waals surface area (Å²) < 4.78 is 13.0. The molecule has 0 saturated carbocycles. The normalized spacial score (nSPS) is 17.8. The van der Waals surface area contributed by atoms with E-state index < -0.39 is 0 Å². The maximum atomic E-state index is 13.0. The number of anilines is 1. The van der Waals surface area contributed by atoms with Crippen LogP contribution in [0.15, 0.2) is 18.3 Å². The standard InChI is InChI=1S/C19H25FN6O/c1-11-12(2)24-17(19(27)21-4)25-18(11)26-8-7-15(10-26)23-13(3)16-6-5-14(20)9-22-16/h5-6,9,13,15,23H,7-8,10H2,1-4H3,(H,21,27)/t13?,15-/m1/s1. The summed E-state index contributed by atoms with van der Waals surface area (Å²) in [4.78, 5) is 27.0. The first kappa shape index (κ1) is 19.2. The minimum atomic E-state index is -0.334. The van der Waals surface area contributed by atoms with Crippen LogP contribution in [0.3, 0.4) is 0 Å². The van der Waals surface area contributed by atoms with Gasteiger partial charge in [0.2, 0.25) is 5.82 Å². The zero-order chi connectivity index (χ0) is 19.6. The van der Waals surface area contributed by atoms with Crippen LogP contribution in [-0.2, 0) is 0 Å². The van der Waals surface area contributed by atoms with Crippen LogP contribution in [0, 0.1) is 19.7 Å². The monoisotopic (exact) mass is 372 g/mol. The van der Waals surface area contributed by atoms with Gasteiger partial charge in [-0.2, -0.15) is 0 Å². The SMILES string of the molecule is CNC(=O)c1nc(C)c(C)c(N2CC[C@@H](NC(C)c3ccc(F)cn3)C2)n1. The van der Waals surface area contributed by atoms with Crippen LogP contribution < -0.4 is 15.5 Å². The zero-order valence-electron chi connectivity index (χ0n) is 16.1. The molecule has 2 atom stereocenters. The Labute approximate surface area is 158 Å². The van der Waals surface area contributed by atoms with Gasteiger partial charge < -0.3 is 15.5 Å². The molecule has 2 aromatic rings. The Balaban J connectivity index is 1.71. The lowest BCUT2D eigenvalue weighted by atomic mass is 10.1. The number of carbonyl (C=O) groups is 1. The summed E-state index contributed by atoms with van der Waals surface area (Å²) in [6.07, 6.45) is 2.19. The highest BCUT2D eigenvalue weighted by Gasteiger charge is 2.27. The minimum Gasteiger partial charge on any atom is -0.355 e. The summed E-state index contributed by atoms with van der Waals surface area (Å²) in [7, 11) is 1.57. The molecular formula is C19H25FN6O. The van der Waals surface area contributed by atoms with Crippen molar-refractivity contribution in [2.24, 2.45) is 0 Å². The molecule has 1 aliphatic heterocycles. The highest BCUT2D eigenvalue weighted by Crippen LogP contribution is 2.25. The van der Waals surface area contributed by atoms with E-state index in [0.29, 0.717) is 0 Å². The van der Waals surface area contributed by atoms with Crippen molar-refractivity contribution in [1.82, 2.24) is 25.6 Å². The van der Waals surface area contributed by atoms with Gasteiger partial charge in [0.05, 0.1) is 11.9 Å². The Hall–Kier alpha value is -2.61. The molecule has 1 amide bonds. The number of rotatable bonds is 5. The van der Waals surface area contributed by atoms with Crippen molar-refractivity contribution in [3.63, 3.8) is 0 Å². The Kier molecular flexibility index (Phi) is 5.65. The number of aryl methyl sites for hydroxylation is 1. The van der Waals surface area contributed by atoms with Crippen molar-refractivity contribution >= 4 is 11.7 Å². The van der Waals surface area contributed by atoms with Crippen LogP contribution in [0.1, 0.15) is 47.0 Å². The summed E-state index contributed by atoms with van der Waals surface area (Å²) in [5.74, 6) is 0.373. The number of halogens is 1. The number of amides is 1. The highest BCUT2D eigenvalue weighted by molar-refractivity contribution is 5.90. The number of pyridine rings is 1. The number of aromatic nitrogens is 3.